The van der Waals surface area contributed by atoms with Gasteiger partial charge in [0.05, 0.1) is 0 Å². The number of rotatable bonds is 7. The smallest absolute Gasteiger partial charge is 0.00735 e. The Morgan fingerprint density at radius 3 is 2.44 bits per heavy atom. The Kier molecular flexibility index (Phi) is 5.00. The summed E-state index contributed by atoms with van der Waals surface area (Å²) in [5.41, 5.74) is 9.39. The summed E-state index contributed by atoms with van der Waals surface area (Å²) in [6.45, 7) is 3.75. The molecule has 0 spiro atoms. The van der Waals surface area contributed by atoms with Gasteiger partial charge in [0.1, 0.15) is 0 Å². The number of benzene rings is 1. The van der Waals surface area contributed by atoms with Crippen LogP contribution in [0.1, 0.15) is 43.2 Å². The van der Waals surface area contributed by atoms with Gasteiger partial charge in [-0.2, -0.15) is 0 Å². The standard InChI is InChI=1S/C17H25N/c1-2-3-4-5-6-11-17(18)16-12-14-9-7-8-10-15(14)13-16/h2,7-10,16-17H,1,3-6,11-13,18H2. The van der Waals surface area contributed by atoms with Crippen LogP contribution in [0.5, 0.6) is 0 Å². The van der Waals surface area contributed by atoms with Crippen molar-refractivity contribution in [3.63, 3.8) is 0 Å². The van der Waals surface area contributed by atoms with Crippen LogP contribution in [0.2, 0.25) is 0 Å². The molecule has 1 aromatic rings. The molecule has 2 rings (SSSR count). The van der Waals surface area contributed by atoms with Crippen molar-refractivity contribution in [3.05, 3.63) is 48.0 Å². The van der Waals surface area contributed by atoms with Gasteiger partial charge in [-0.1, -0.05) is 43.2 Å². The number of nitrogens with two attached hydrogens (primary N) is 1. The van der Waals surface area contributed by atoms with Crippen LogP contribution in [0.4, 0.5) is 0 Å². The van der Waals surface area contributed by atoms with E-state index in [1.807, 2.05) is 6.08 Å². The van der Waals surface area contributed by atoms with Gasteiger partial charge >= 0.3 is 0 Å². The zero-order valence-corrected chi connectivity index (χ0v) is 11.3. The maximum Gasteiger partial charge on any atom is 0.00735 e. The Hall–Kier alpha value is -1.08. The summed E-state index contributed by atoms with van der Waals surface area (Å²) in [6, 6.07) is 9.17. The summed E-state index contributed by atoms with van der Waals surface area (Å²) < 4.78 is 0. The number of hydrogen-bond acceptors (Lipinski definition) is 1. The van der Waals surface area contributed by atoms with Crippen molar-refractivity contribution in [2.24, 2.45) is 11.7 Å². The van der Waals surface area contributed by atoms with Crippen molar-refractivity contribution in [3.8, 4) is 0 Å². The van der Waals surface area contributed by atoms with Crippen LogP contribution in [0.25, 0.3) is 0 Å². The van der Waals surface area contributed by atoms with Crippen LogP contribution in [-0.4, -0.2) is 6.04 Å². The minimum absolute atomic E-state index is 0.376. The third kappa shape index (κ3) is 3.46. The number of hydrogen-bond donors (Lipinski definition) is 1. The van der Waals surface area contributed by atoms with Gasteiger partial charge in [0.25, 0.3) is 0 Å². The molecule has 1 aromatic carbocycles. The molecule has 2 N–H and O–H groups in total. The normalized spacial score (nSPS) is 16.5. The largest absolute Gasteiger partial charge is 0.327 e. The third-order valence-corrected chi connectivity index (χ3v) is 4.13. The molecule has 1 aliphatic rings. The van der Waals surface area contributed by atoms with Gasteiger partial charge < -0.3 is 5.73 Å². The molecular weight excluding hydrogens is 218 g/mol. The van der Waals surface area contributed by atoms with Gasteiger partial charge in [-0.05, 0) is 49.1 Å². The van der Waals surface area contributed by atoms with E-state index in [2.05, 4.69) is 30.8 Å². The lowest BCUT2D eigenvalue weighted by Crippen LogP contribution is -2.30. The highest BCUT2D eigenvalue weighted by atomic mass is 14.7. The van der Waals surface area contributed by atoms with E-state index in [0.717, 1.165) is 6.42 Å². The SMILES string of the molecule is C=CCCCCCC(N)C1Cc2ccccc2C1. The van der Waals surface area contributed by atoms with Gasteiger partial charge in [0.15, 0.2) is 0 Å². The fourth-order valence-electron chi connectivity index (χ4n) is 2.98. The molecule has 0 bridgehead atoms. The molecule has 0 heterocycles. The summed E-state index contributed by atoms with van der Waals surface area (Å²) in [7, 11) is 0. The summed E-state index contributed by atoms with van der Waals surface area (Å²) in [4.78, 5) is 0. The van der Waals surface area contributed by atoms with Gasteiger partial charge in [-0.15, -0.1) is 6.58 Å². The number of fused-ring (bicyclic) bond motifs is 1. The molecule has 0 saturated carbocycles. The molecular formula is C17H25N. The third-order valence-electron chi connectivity index (χ3n) is 4.13. The average molecular weight is 243 g/mol. The van der Waals surface area contributed by atoms with Crippen LogP contribution < -0.4 is 5.73 Å². The van der Waals surface area contributed by atoms with Crippen molar-refractivity contribution in [1.82, 2.24) is 0 Å². The van der Waals surface area contributed by atoms with Crippen LogP contribution in [0.3, 0.4) is 0 Å². The fourth-order valence-corrected chi connectivity index (χ4v) is 2.98. The van der Waals surface area contributed by atoms with E-state index in [0.29, 0.717) is 12.0 Å². The average Bonchev–Trinajstić information content (AvgIpc) is 2.82. The fraction of sp³-hybridized carbons (Fsp3) is 0.529. The topological polar surface area (TPSA) is 26.0 Å². The molecule has 0 aromatic heterocycles. The number of unbranched alkanes of at least 4 members (excludes halogenated alkanes) is 3. The molecule has 1 atom stereocenters. The van der Waals surface area contributed by atoms with Crippen LogP contribution in [-0.2, 0) is 12.8 Å². The van der Waals surface area contributed by atoms with Crippen LogP contribution >= 0.6 is 0 Å². The Labute approximate surface area is 111 Å². The van der Waals surface area contributed by atoms with Crippen molar-refractivity contribution in [1.29, 1.82) is 0 Å². The molecule has 0 radical (unpaired) electrons. The molecule has 0 fully saturated rings. The van der Waals surface area contributed by atoms with E-state index < -0.39 is 0 Å². The summed E-state index contributed by atoms with van der Waals surface area (Å²) in [5, 5.41) is 0. The lowest BCUT2D eigenvalue weighted by Gasteiger charge is -2.18. The molecule has 0 aliphatic heterocycles. The van der Waals surface area contributed by atoms with Gasteiger partial charge in [-0.25, -0.2) is 0 Å². The molecule has 18 heavy (non-hydrogen) atoms. The predicted molar refractivity (Wildman–Crippen MR) is 78.6 cm³/mol. The molecule has 1 heteroatoms. The summed E-state index contributed by atoms with van der Waals surface area (Å²) in [6.07, 6.45) is 10.5. The molecule has 1 unspecified atom stereocenters. The maximum absolute atomic E-state index is 6.35. The van der Waals surface area contributed by atoms with Gasteiger partial charge in [0.2, 0.25) is 0 Å². The van der Waals surface area contributed by atoms with Gasteiger partial charge in [-0.3, -0.25) is 0 Å². The maximum atomic E-state index is 6.35. The minimum Gasteiger partial charge on any atom is -0.327 e. The second kappa shape index (κ2) is 6.75. The highest BCUT2D eigenvalue weighted by Gasteiger charge is 2.25. The summed E-state index contributed by atoms with van der Waals surface area (Å²) >= 11 is 0. The second-order valence-corrected chi connectivity index (χ2v) is 5.53. The monoisotopic (exact) mass is 243 g/mol. The van der Waals surface area contributed by atoms with Crippen molar-refractivity contribution < 1.29 is 0 Å². The zero-order chi connectivity index (χ0) is 12.8. The molecule has 1 nitrogen and oxygen atoms in total. The number of allylic oxidation sites excluding steroid dienone is 1. The second-order valence-electron chi connectivity index (χ2n) is 5.53. The zero-order valence-electron chi connectivity index (χ0n) is 11.3. The van der Waals surface area contributed by atoms with E-state index in [4.69, 9.17) is 5.73 Å². The van der Waals surface area contributed by atoms with Crippen LogP contribution in [0, 0.1) is 5.92 Å². The Morgan fingerprint density at radius 1 is 1.17 bits per heavy atom. The first-order valence-electron chi connectivity index (χ1n) is 7.24. The first-order valence-corrected chi connectivity index (χ1v) is 7.24. The van der Waals surface area contributed by atoms with Gasteiger partial charge in [0, 0.05) is 6.04 Å². The Morgan fingerprint density at radius 2 is 1.83 bits per heavy atom. The lowest BCUT2D eigenvalue weighted by atomic mass is 9.93. The van der Waals surface area contributed by atoms with E-state index in [-0.39, 0.29) is 0 Å². The molecule has 0 amide bonds. The molecule has 98 valence electrons. The highest BCUT2D eigenvalue weighted by molar-refractivity contribution is 5.32. The van der Waals surface area contributed by atoms with Crippen molar-refractivity contribution >= 4 is 0 Å². The molecule has 1 aliphatic carbocycles. The van der Waals surface area contributed by atoms with E-state index >= 15 is 0 Å². The molecule has 0 saturated heterocycles. The minimum atomic E-state index is 0.376. The van der Waals surface area contributed by atoms with E-state index in [1.165, 1.54) is 49.7 Å². The van der Waals surface area contributed by atoms with Crippen LogP contribution in [0.15, 0.2) is 36.9 Å². The first-order chi connectivity index (χ1) is 8.81. The summed E-state index contributed by atoms with van der Waals surface area (Å²) in [5.74, 6) is 0.668. The predicted octanol–water partition coefficient (Wildman–Crippen LogP) is 3.87. The van der Waals surface area contributed by atoms with E-state index in [1.54, 1.807) is 0 Å². The highest BCUT2D eigenvalue weighted by Crippen LogP contribution is 2.29. The first kappa shape index (κ1) is 13.4. The Balaban J connectivity index is 1.72. The lowest BCUT2D eigenvalue weighted by molar-refractivity contribution is 0.402. The van der Waals surface area contributed by atoms with E-state index in [9.17, 15) is 0 Å². The van der Waals surface area contributed by atoms with Crippen molar-refractivity contribution in [2.75, 3.05) is 0 Å². The Bertz CT molecular complexity index is 358. The quantitative estimate of drug-likeness (QED) is 0.571. The van der Waals surface area contributed by atoms with Crippen molar-refractivity contribution in [2.45, 2.75) is 51.0 Å².